The van der Waals surface area contributed by atoms with Gasteiger partial charge in [0.05, 0.1) is 11.1 Å². The van der Waals surface area contributed by atoms with Gasteiger partial charge in [0.1, 0.15) is 16.2 Å². The first-order chi connectivity index (χ1) is 14.0. The lowest BCUT2D eigenvalue weighted by atomic mass is 10.1. The van der Waals surface area contributed by atoms with Gasteiger partial charge in [-0.1, -0.05) is 47.1 Å². The van der Waals surface area contributed by atoms with Crippen LogP contribution in [0.5, 0.6) is 0 Å². The maximum Gasteiger partial charge on any atom is 0.234 e. The number of aryl methyl sites for hydroxylation is 1. The van der Waals surface area contributed by atoms with Crippen molar-refractivity contribution in [3.63, 3.8) is 0 Å². The van der Waals surface area contributed by atoms with E-state index in [9.17, 15) is 4.79 Å². The quantitative estimate of drug-likeness (QED) is 0.266. The lowest BCUT2D eigenvalue weighted by Gasteiger charge is -2.09. The largest absolute Gasteiger partial charge is 0.325 e. The van der Waals surface area contributed by atoms with Crippen LogP contribution in [0.25, 0.3) is 21.3 Å². The van der Waals surface area contributed by atoms with Crippen molar-refractivity contribution in [3.05, 3.63) is 69.8 Å². The molecular formula is C21H15Cl2N3OS2. The van der Waals surface area contributed by atoms with Crippen LogP contribution < -0.4 is 5.32 Å². The minimum absolute atomic E-state index is 0.101. The van der Waals surface area contributed by atoms with Gasteiger partial charge in [0.2, 0.25) is 5.91 Å². The second kappa shape index (κ2) is 8.71. The summed E-state index contributed by atoms with van der Waals surface area (Å²) >= 11 is 14.9. The summed E-state index contributed by atoms with van der Waals surface area (Å²) in [6.45, 7) is 1.91. The third kappa shape index (κ3) is 4.56. The smallest absolute Gasteiger partial charge is 0.234 e. The average Bonchev–Trinajstić information content (AvgIpc) is 3.14. The summed E-state index contributed by atoms with van der Waals surface area (Å²) < 4.78 is 0. The molecule has 0 saturated carbocycles. The molecule has 0 unspecified atom stereocenters. The van der Waals surface area contributed by atoms with E-state index in [1.54, 1.807) is 23.5 Å². The number of benzene rings is 2. The molecule has 8 heteroatoms. The van der Waals surface area contributed by atoms with E-state index in [0.29, 0.717) is 10.0 Å². The molecule has 0 fully saturated rings. The molecule has 2 aromatic carbocycles. The van der Waals surface area contributed by atoms with Gasteiger partial charge in [-0.25, -0.2) is 9.97 Å². The maximum atomic E-state index is 12.5. The highest BCUT2D eigenvalue weighted by Gasteiger charge is 2.15. The van der Waals surface area contributed by atoms with Crippen molar-refractivity contribution in [1.82, 2.24) is 9.97 Å². The van der Waals surface area contributed by atoms with E-state index in [-0.39, 0.29) is 11.7 Å². The monoisotopic (exact) mass is 459 g/mol. The number of thioether (sulfide) groups is 1. The maximum absolute atomic E-state index is 12.5. The standard InChI is InChI=1S/C21H15Cl2N3OS2/c1-12-8-15(23)6-7-17(12)26-18(27)10-29-21-19-16(9-28-20(19)24-11-25-21)13-2-4-14(22)5-3-13/h2-9,11H,10H2,1H3,(H,26,27). The Labute approximate surface area is 186 Å². The Morgan fingerprint density at radius 3 is 2.62 bits per heavy atom. The number of aromatic nitrogens is 2. The molecule has 146 valence electrons. The Morgan fingerprint density at radius 1 is 1.10 bits per heavy atom. The summed E-state index contributed by atoms with van der Waals surface area (Å²) in [6, 6.07) is 13.1. The van der Waals surface area contributed by atoms with Crippen molar-refractivity contribution in [1.29, 1.82) is 0 Å². The Balaban J connectivity index is 1.55. The Hall–Kier alpha value is -2.12. The Morgan fingerprint density at radius 2 is 1.86 bits per heavy atom. The second-order valence-corrected chi connectivity index (χ2v) is 9.01. The van der Waals surface area contributed by atoms with Crippen molar-refractivity contribution < 1.29 is 4.79 Å². The summed E-state index contributed by atoms with van der Waals surface area (Å²) in [5, 5.41) is 8.06. The minimum Gasteiger partial charge on any atom is -0.325 e. The molecule has 4 rings (SSSR count). The molecule has 0 aliphatic rings. The fourth-order valence-corrected chi connectivity index (χ4v) is 5.03. The van der Waals surface area contributed by atoms with E-state index >= 15 is 0 Å². The van der Waals surface area contributed by atoms with Crippen molar-refractivity contribution in [3.8, 4) is 11.1 Å². The van der Waals surface area contributed by atoms with E-state index in [0.717, 1.165) is 37.6 Å². The molecule has 0 aliphatic carbocycles. The van der Waals surface area contributed by atoms with E-state index in [4.69, 9.17) is 23.2 Å². The van der Waals surface area contributed by atoms with E-state index < -0.39 is 0 Å². The number of fused-ring (bicyclic) bond motifs is 1. The van der Waals surface area contributed by atoms with Gasteiger partial charge >= 0.3 is 0 Å². The number of carbonyl (C=O) groups is 1. The first-order valence-corrected chi connectivity index (χ1v) is 11.3. The molecule has 2 heterocycles. The van der Waals surface area contributed by atoms with Crippen LogP contribution in [0, 0.1) is 6.92 Å². The first-order valence-electron chi connectivity index (χ1n) is 8.68. The summed E-state index contributed by atoms with van der Waals surface area (Å²) in [6.07, 6.45) is 1.54. The molecule has 0 radical (unpaired) electrons. The summed E-state index contributed by atoms with van der Waals surface area (Å²) in [7, 11) is 0. The third-order valence-corrected chi connectivity index (χ3v) is 6.66. The molecular weight excluding hydrogens is 445 g/mol. The molecule has 0 saturated heterocycles. The Bertz CT molecular complexity index is 1190. The van der Waals surface area contributed by atoms with Crippen LogP contribution in [0.3, 0.4) is 0 Å². The highest BCUT2D eigenvalue weighted by molar-refractivity contribution is 8.00. The highest BCUT2D eigenvalue weighted by atomic mass is 35.5. The van der Waals surface area contributed by atoms with Gasteiger partial charge in [-0.3, -0.25) is 4.79 Å². The lowest BCUT2D eigenvalue weighted by molar-refractivity contribution is -0.113. The number of hydrogen-bond acceptors (Lipinski definition) is 5. The number of thiophene rings is 1. The van der Waals surface area contributed by atoms with E-state index in [1.165, 1.54) is 18.1 Å². The zero-order chi connectivity index (χ0) is 20.4. The fourth-order valence-electron chi connectivity index (χ4n) is 2.89. The molecule has 0 aliphatic heterocycles. The predicted molar refractivity (Wildman–Crippen MR) is 123 cm³/mol. The molecule has 2 aromatic heterocycles. The molecule has 1 amide bonds. The number of anilines is 1. The van der Waals surface area contributed by atoms with Crippen molar-refractivity contribution >= 4 is 68.1 Å². The lowest BCUT2D eigenvalue weighted by Crippen LogP contribution is -2.15. The normalized spacial score (nSPS) is 11.0. The van der Waals surface area contributed by atoms with Gasteiger partial charge in [-0.05, 0) is 48.4 Å². The number of carbonyl (C=O) groups excluding carboxylic acids is 1. The molecule has 4 nitrogen and oxygen atoms in total. The highest BCUT2D eigenvalue weighted by Crippen LogP contribution is 2.38. The van der Waals surface area contributed by atoms with Crippen LogP contribution in [0.2, 0.25) is 10.0 Å². The van der Waals surface area contributed by atoms with Gasteiger partial charge in [-0.15, -0.1) is 11.3 Å². The third-order valence-electron chi connectivity index (χ3n) is 4.29. The second-order valence-electron chi connectivity index (χ2n) is 6.31. The number of rotatable bonds is 5. The minimum atomic E-state index is -0.101. The van der Waals surface area contributed by atoms with E-state index in [2.05, 4.69) is 20.7 Å². The van der Waals surface area contributed by atoms with Crippen molar-refractivity contribution in [2.24, 2.45) is 0 Å². The number of nitrogens with one attached hydrogen (secondary N) is 1. The van der Waals surface area contributed by atoms with Gasteiger partial charge < -0.3 is 5.32 Å². The first kappa shape index (κ1) is 20.2. The fraction of sp³-hybridized carbons (Fsp3) is 0.0952. The SMILES string of the molecule is Cc1cc(Cl)ccc1NC(=O)CSc1ncnc2scc(-c3ccc(Cl)cc3)c12. The number of nitrogens with zero attached hydrogens (tertiary/aromatic N) is 2. The van der Waals surface area contributed by atoms with Crippen LogP contribution in [0.4, 0.5) is 5.69 Å². The molecule has 4 aromatic rings. The number of halogens is 2. The average molecular weight is 460 g/mol. The molecule has 29 heavy (non-hydrogen) atoms. The van der Waals surface area contributed by atoms with Crippen molar-refractivity contribution in [2.45, 2.75) is 11.9 Å². The van der Waals surface area contributed by atoms with Gasteiger partial charge in [0, 0.05) is 26.7 Å². The zero-order valence-corrected chi connectivity index (χ0v) is 18.4. The molecule has 1 N–H and O–H groups in total. The van der Waals surface area contributed by atoms with E-state index in [1.807, 2.05) is 37.3 Å². The molecule has 0 atom stereocenters. The van der Waals surface area contributed by atoms with Crippen LogP contribution in [-0.4, -0.2) is 21.6 Å². The number of amides is 1. The van der Waals surface area contributed by atoms with Crippen LogP contribution >= 0.6 is 46.3 Å². The predicted octanol–water partition coefficient (Wildman–Crippen LogP) is 6.70. The Kier molecular flexibility index (Phi) is 6.06. The number of hydrogen-bond donors (Lipinski definition) is 1. The summed E-state index contributed by atoms with van der Waals surface area (Å²) in [4.78, 5) is 22.2. The zero-order valence-electron chi connectivity index (χ0n) is 15.3. The topological polar surface area (TPSA) is 54.9 Å². The summed E-state index contributed by atoms with van der Waals surface area (Å²) in [5.41, 5.74) is 3.76. The molecule has 0 spiro atoms. The van der Waals surface area contributed by atoms with Gasteiger partial charge in [0.25, 0.3) is 0 Å². The molecule has 0 bridgehead atoms. The van der Waals surface area contributed by atoms with Crippen LogP contribution in [0.1, 0.15) is 5.56 Å². The van der Waals surface area contributed by atoms with Crippen LogP contribution in [0.15, 0.2) is 59.2 Å². The van der Waals surface area contributed by atoms with Crippen molar-refractivity contribution in [2.75, 3.05) is 11.1 Å². The van der Waals surface area contributed by atoms with Crippen LogP contribution in [-0.2, 0) is 4.79 Å². The van der Waals surface area contributed by atoms with Gasteiger partial charge in [-0.2, -0.15) is 0 Å². The summed E-state index contributed by atoms with van der Waals surface area (Å²) in [5.74, 6) is 0.139. The van der Waals surface area contributed by atoms with Gasteiger partial charge in [0.15, 0.2) is 0 Å².